The summed E-state index contributed by atoms with van der Waals surface area (Å²) in [5, 5.41) is 7.32. The Bertz CT molecular complexity index is 239. The average Bonchev–Trinajstić information content (AvgIpc) is 2.39. The summed E-state index contributed by atoms with van der Waals surface area (Å²) >= 11 is 0. The number of nitrogens with zero attached hydrogens (tertiary/aromatic N) is 2. The molecule has 0 spiro atoms. The van der Waals surface area contributed by atoms with Crippen molar-refractivity contribution in [1.82, 2.24) is 15.1 Å². The van der Waals surface area contributed by atoms with Crippen molar-refractivity contribution in [2.45, 2.75) is 6.04 Å². The van der Waals surface area contributed by atoms with Crippen molar-refractivity contribution in [1.29, 1.82) is 0 Å². The minimum absolute atomic E-state index is 0.163. The van der Waals surface area contributed by atoms with Gasteiger partial charge >= 0.3 is 0 Å². The molecule has 0 saturated carbocycles. The number of hydrogen-bond acceptors (Lipinski definition) is 2. The Hall–Kier alpha value is -1.09. The van der Waals surface area contributed by atoms with Crippen LogP contribution < -0.4 is 5.32 Å². The molecule has 0 radical (unpaired) electrons. The van der Waals surface area contributed by atoms with E-state index in [-0.39, 0.29) is 6.04 Å². The van der Waals surface area contributed by atoms with E-state index in [0.717, 1.165) is 5.69 Å². The van der Waals surface area contributed by atoms with Crippen LogP contribution in [0.25, 0.3) is 0 Å². The normalized spacial score (nSPS) is 12.9. The van der Waals surface area contributed by atoms with E-state index in [0.29, 0.717) is 0 Å². The summed E-state index contributed by atoms with van der Waals surface area (Å²) in [7, 11) is 3.79. The van der Waals surface area contributed by atoms with E-state index in [2.05, 4.69) is 17.0 Å². The largest absolute Gasteiger partial charge is 0.308 e. The van der Waals surface area contributed by atoms with Gasteiger partial charge in [-0.2, -0.15) is 5.10 Å². The lowest BCUT2D eigenvalue weighted by Crippen LogP contribution is -2.14. The third kappa shape index (κ3) is 1.68. The quantitative estimate of drug-likeness (QED) is 0.649. The first-order valence-corrected chi connectivity index (χ1v) is 3.57. The highest BCUT2D eigenvalue weighted by molar-refractivity contribution is 5.10. The Kier molecular flexibility index (Phi) is 2.44. The molecule has 1 atom stereocenters. The fraction of sp³-hybridized carbons (Fsp3) is 0.375. The topological polar surface area (TPSA) is 29.9 Å². The van der Waals surface area contributed by atoms with Gasteiger partial charge in [0.2, 0.25) is 0 Å². The minimum Gasteiger partial charge on any atom is -0.308 e. The number of likely N-dealkylation sites (N-methyl/N-ethyl adjacent to an activating group) is 1. The second-order valence-corrected chi connectivity index (χ2v) is 2.42. The first-order chi connectivity index (χ1) is 5.27. The maximum Gasteiger partial charge on any atom is 0.0832 e. The molecule has 1 heterocycles. The predicted molar refractivity (Wildman–Crippen MR) is 45.2 cm³/mol. The predicted octanol–water partition coefficient (Wildman–Crippen LogP) is 0.867. The Morgan fingerprint density at radius 1 is 1.82 bits per heavy atom. The van der Waals surface area contributed by atoms with Gasteiger partial charge in [-0.25, -0.2) is 0 Å². The maximum atomic E-state index is 4.24. The van der Waals surface area contributed by atoms with Crippen molar-refractivity contribution < 1.29 is 0 Å². The second kappa shape index (κ2) is 3.34. The standard InChI is InChI=1S/C8H13N3/c1-4-7(9-2)8-5-6-11(3)10-8/h4-7,9H,1H2,2-3H3. The molecule has 0 saturated heterocycles. The molecule has 0 aliphatic rings. The van der Waals surface area contributed by atoms with Crippen LogP contribution in [0.1, 0.15) is 11.7 Å². The van der Waals surface area contributed by atoms with Gasteiger partial charge in [0.25, 0.3) is 0 Å². The van der Waals surface area contributed by atoms with Crippen molar-refractivity contribution in [3.8, 4) is 0 Å². The van der Waals surface area contributed by atoms with E-state index in [9.17, 15) is 0 Å². The van der Waals surface area contributed by atoms with Crippen LogP contribution in [0.4, 0.5) is 0 Å². The molecule has 60 valence electrons. The van der Waals surface area contributed by atoms with E-state index >= 15 is 0 Å². The van der Waals surface area contributed by atoms with Crippen molar-refractivity contribution in [2.24, 2.45) is 7.05 Å². The molecular formula is C8H13N3. The molecule has 0 aliphatic carbocycles. The van der Waals surface area contributed by atoms with Gasteiger partial charge in [0, 0.05) is 13.2 Å². The lowest BCUT2D eigenvalue weighted by Gasteiger charge is -2.06. The number of nitrogens with one attached hydrogen (secondary N) is 1. The zero-order valence-electron chi connectivity index (χ0n) is 6.91. The maximum absolute atomic E-state index is 4.24. The smallest absolute Gasteiger partial charge is 0.0832 e. The molecule has 0 amide bonds. The minimum atomic E-state index is 0.163. The highest BCUT2D eigenvalue weighted by Crippen LogP contribution is 2.08. The third-order valence-electron chi connectivity index (χ3n) is 1.60. The van der Waals surface area contributed by atoms with E-state index in [1.807, 2.05) is 32.4 Å². The molecule has 3 heteroatoms. The zero-order chi connectivity index (χ0) is 8.27. The lowest BCUT2D eigenvalue weighted by molar-refractivity contribution is 0.658. The Morgan fingerprint density at radius 3 is 2.91 bits per heavy atom. The summed E-state index contributed by atoms with van der Waals surface area (Å²) in [6.45, 7) is 3.71. The van der Waals surface area contributed by atoms with E-state index in [1.165, 1.54) is 0 Å². The van der Waals surface area contributed by atoms with Crippen molar-refractivity contribution in [2.75, 3.05) is 7.05 Å². The molecule has 1 N–H and O–H groups in total. The van der Waals surface area contributed by atoms with Crippen molar-refractivity contribution in [3.63, 3.8) is 0 Å². The SMILES string of the molecule is C=CC(NC)c1ccn(C)n1. The lowest BCUT2D eigenvalue weighted by atomic mass is 10.2. The number of aromatic nitrogens is 2. The van der Waals surface area contributed by atoms with Crippen LogP contribution in [0.15, 0.2) is 24.9 Å². The molecule has 1 aromatic rings. The molecule has 3 nitrogen and oxygen atoms in total. The van der Waals surface area contributed by atoms with Gasteiger partial charge in [0.05, 0.1) is 11.7 Å². The Balaban J connectivity index is 2.81. The molecule has 1 aromatic heterocycles. The molecule has 11 heavy (non-hydrogen) atoms. The van der Waals surface area contributed by atoms with Gasteiger partial charge in [-0.05, 0) is 13.1 Å². The molecule has 1 unspecified atom stereocenters. The van der Waals surface area contributed by atoms with Crippen LogP contribution in [0.3, 0.4) is 0 Å². The molecule has 0 aliphatic heterocycles. The Labute approximate surface area is 66.7 Å². The molecule has 0 fully saturated rings. The number of hydrogen-bond donors (Lipinski definition) is 1. The number of rotatable bonds is 3. The fourth-order valence-corrected chi connectivity index (χ4v) is 0.985. The van der Waals surface area contributed by atoms with Crippen LogP contribution in [0.5, 0.6) is 0 Å². The van der Waals surface area contributed by atoms with E-state index in [4.69, 9.17) is 0 Å². The van der Waals surface area contributed by atoms with Gasteiger partial charge in [-0.1, -0.05) is 6.08 Å². The summed E-state index contributed by atoms with van der Waals surface area (Å²) in [5.74, 6) is 0. The summed E-state index contributed by atoms with van der Waals surface area (Å²) in [6, 6.07) is 2.14. The molecule has 0 bridgehead atoms. The third-order valence-corrected chi connectivity index (χ3v) is 1.60. The second-order valence-electron chi connectivity index (χ2n) is 2.42. The van der Waals surface area contributed by atoms with Crippen LogP contribution in [-0.4, -0.2) is 16.8 Å². The summed E-state index contributed by atoms with van der Waals surface area (Å²) in [4.78, 5) is 0. The molecular weight excluding hydrogens is 138 g/mol. The highest BCUT2D eigenvalue weighted by Gasteiger charge is 2.05. The zero-order valence-corrected chi connectivity index (χ0v) is 6.91. The summed E-state index contributed by atoms with van der Waals surface area (Å²) in [5.41, 5.74) is 1.00. The Morgan fingerprint density at radius 2 is 2.55 bits per heavy atom. The van der Waals surface area contributed by atoms with Gasteiger partial charge in [0.1, 0.15) is 0 Å². The van der Waals surface area contributed by atoms with Crippen molar-refractivity contribution in [3.05, 3.63) is 30.6 Å². The van der Waals surface area contributed by atoms with Gasteiger partial charge in [0.15, 0.2) is 0 Å². The van der Waals surface area contributed by atoms with Crippen LogP contribution in [-0.2, 0) is 7.05 Å². The summed E-state index contributed by atoms with van der Waals surface area (Å²) < 4.78 is 1.78. The van der Waals surface area contributed by atoms with Gasteiger partial charge in [-0.15, -0.1) is 6.58 Å². The fourth-order valence-electron chi connectivity index (χ4n) is 0.985. The highest BCUT2D eigenvalue weighted by atomic mass is 15.3. The van der Waals surface area contributed by atoms with Gasteiger partial charge in [-0.3, -0.25) is 4.68 Å². The van der Waals surface area contributed by atoms with Crippen LogP contribution in [0.2, 0.25) is 0 Å². The number of aryl methyl sites for hydroxylation is 1. The molecule has 1 rings (SSSR count). The first kappa shape index (κ1) is 8.01. The van der Waals surface area contributed by atoms with Crippen molar-refractivity contribution >= 4 is 0 Å². The van der Waals surface area contributed by atoms with Crippen LogP contribution in [0, 0.1) is 0 Å². The average molecular weight is 151 g/mol. The summed E-state index contributed by atoms with van der Waals surface area (Å²) in [6.07, 6.45) is 3.76. The van der Waals surface area contributed by atoms with E-state index < -0.39 is 0 Å². The van der Waals surface area contributed by atoms with Crippen LogP contribution >= 0.6 is 0 Å². The monoisotopic (exact) mass is 151 g/mol. The van der Waals surface area contributed by atoms with E-state index in [1.54, 1.807) is 4.68 Å². The van der Waals surface area contributed by atoms with Gasteiger partial charge < -0.3 is 5.32 Å². The first-order valence-electron chi connectivity index (χ1n) is 3.57. The molecule has 0 aromatic carbocycles.